The van der Waals surface area contributed by atoms with E-state index in [2.05, 4.69) is 5.10 Å². The quantitative estimate of drug-likeness (QED) is 0.549. The first-order valence-electron chi connectivity index (χ1n) is 9.35. The number of carbonyl (C=O) groups excluding carboxylic acids is 3. The average Bonchev–Trinajstić information content (AvgIpc) is 2.87. The molecule has 1 fully saturated rings. The number of rotatable bonds is 7. The van der Waals surface area contributed by atoms with Crippen molar-refractivity contribution >= 4 is 17.7 Å². The molecular formula is C19H29N3O4. The second kappa shape index (κ2) is 8.96. The van der Waals surface area contributed by atoms with Crippen LogP contribution in [0.1, 0.15) is 67.7 Å². The summed E-state index contributed by atoms with van der Waals surface area (Å²) in [4.78, 5) is 38.1. The molecule has 1 amide bonds. The molecule has 0 unspecified atom stereocenters. The van der Waals surface area contributed by atoms with Crippen LogP contribution in [0.2, 0.25) is 0 Å². The summed E-state index contributed by atoms with van der Waals surface area (Å²) in [5.74, 6) is -0.235. The van der Waals surface area contributed by atoms with E-state index in [1.165, 1.54) is 6.92 Å². The van der Waals surface area contributed by atoms with Crippen LogP contribution >= 0.6 is 0 Å². The number of likely N-dealkylation sites (tertiary alicyclic amines) is 1. The Labute approximate surface area is 154 Å². The predicted octanol–water partition coefficient (Wildman–Crippen LogP) is 2.43. The summed E-state index contributed by atoms with van der Waals surface area (Å²) in [6.45, 7) is 8.44. The summed E-state index contributed by atoms with van der Waals surface area (Å²) in [5.41, 5.74) is 2.13. The summed E-state index contributed by atoms with van der Waals surface area (Å²) in [6.07, 6.45) is 3.37. The van der Waals surface area contributed by atoms with Crippen molar-refractivity contribution in [1.82, 2.24) is 14.7 Å². The first-order chi connectivity index (χ1) is 12.3. The van der Waals surface area contributed by atoms with Crippen LogP contribution in [0.3, 0.4) is 0 Å². The lowest BCUT2D eigenvalue weighted by Gasteiger charge is -2.35. The third kappa shape index (κ3) is 4.71. The maximum Gasteiger partial charge on any atom is 0.307 e. The SMILES string of the molecule is CCOC(=O)C[C@@H]1CCCCN1C(=O)CCn1nc(C)c(C(C)=O)c1C. The van der Waals surface area contributed by atoms with Gasteiger partial charge >= 0.3 is 5.97 Å². The zero-order valence-electron chi connectivity index (χ0n) is 16.2. The van der Waals surface area contributed by atoms with Crippen molar-refractivity contribution in [3.63, 3.8) is 0 Å². The summed E-state index contributed by atoms with van der Waals surface area (Å²) in [6, 6.07) is -0.0801. The maximum atomic E-state index is 12.7. The third-order valence-electron chi connectivity index (χ3n) is 4.93. The Morgan fingerprint density at radius 2 is 1.96 bits per heavy atom. The fourth-order valence-electron chi connectivity index (χ4n) is 3.72. The standard InChI is InChI=1S/C19H29N3O4/c1-5-26-18(25)12-16-8-6-7-10-21(16)17(24)9-11-22-14(3)19(15(4)23)13(2)20-22/h16H,5-12H2,1-4H3/t16-/m0/s1. The Hall–Kier alpha value is -2.18. The second-order valence-corrected chi connectivity index (χ2v) is 6.82. The molecule has 0 radical (unpaired) electrons. The minimum atomic E-state index is -0.248. The molecule has 1 aliphatic heterocycles. The molecule has 1 aromatic heterocycles. The van der Waals surface area contributed by atoms with Crippen LogP contribution in [-0.4, -0.2) is 51.5 Å². The van der Waals surface area contributed by atoms with Gasteiger partial charge in [0.05, 0.1) is 24.3 Å². The largest absolute Gasteiger partial charge is 0.466 e. The number of esters is 1. The number of hydrogen-bond donors (Lipinski definition) is 0. The summed E-state index contributed by atoms with van der Waals surface area (Å²) in [5, 5.41) is 4.39. The van der Waals surface area contributed by atoms with Crippen molar-refractivity contribution in [3.8, 4) is 0 Å². The molecule has 144 valence electrons. The zero-order chi connectivity index (χ0) is 19.3. The molecule has 0 aromatic carbocycles. The molecule has 0 aliphatic carbocycles. The highest BCUT2D eigenvalue weighted by Gasteiger charge is 2.29. The number of aromatic nitrogens is 2. The van der Waals surface area contributed by atoms with Crippen molar-refractivity contribution in [2.45, 2.75) is 72.4 Å². The van der Waals surface area contributed by atoms with Gasteiger partial charge in [0.15, 0.2) is 5.78 Å². The van der Waals surface area contributed by atoms with Crippen molar-refractivity contribution in [3.05, 3.63) is 17.0 Å². The zero-order valence-corrected chi connectivity index (χ0v) is 16.2. The van der Waals surface area contributed by atoms with Gasteiger partial charge in [-0.2, -0.15) is 5.10 Å². The van der Waals surface area contributed by atoms with Crippen LogP contribution in [0.4, 0.5) is 0 Å². The number of ketones is 1. The summed E-state index contributed by atoms with van der Waals surface area (Å²) < 4.78 is 6.76. The van der Waals surface area contributed by atoms with E-state index in [1.54, 1.807) is 11.6 Å². The Morgan fingerprint density at radius 1 is 1.23 bits per heavy atom. The van der Waals surface area contributed by atoms with Gasteiger partial charge < -0.3 is 9.64 Å². The lowest BCUT2D eigenvalue weighted by Crippen LogP contribution is -2.45. The molecular weight excluding hydrogens is 334 g/mol. The van der Waals surface area contributed by atoms with Crippen LogP contribution in [0.5, 0.6) is 0 Å². The van der Waals surface area contributed by atoms with E-state index in [0.717, 1.165) is 25.0 Å². The third-order valence-corrected chi connectivity index (χ3v) is 4.93. The van der Waals surface area contributed by atoms with Crippen molar-refractivity contribution in [1.29, 1.82) is 0 Å². The number of nitrogens with zero attached hydrogens (tertiary/aromatic N) is 3. The van der Waals surface area contributed by atoms with Crippen LogP contribution in [-0.2, 0) is 20.9 Å². The number of ether oxygens (including phenoxy) is 1. The number of carbonyl (C=O) groups is 3. The normalized spacial score (nSPS) is 17.2. The highest BCUT2D eigenvalue weighted by atomic mass is 16.5. The van der Waals surface area contributed by atoms with E-state index in [0.29, 0.717) is 37.4 Å². The fourth-order valence-corrected chi connectivity index (χ4v) is 3.72. The number of aryl methyl sites for hydroxylation is 2. The smallest absolute Gasteiger partial charge is 0.307 e. The van der Waals surface area contributed by atoms with Gasteiger partial charge in [-0.05, 0) is 47.0 Å². The molecule has 1 saturated heterocycles. The molecule has 0 N–H and O–H groups in total. The lowest BCUT2D eigenvalue weighted by atomic mass is 9.99. The predicted molar refractivity (Wildman–Crippen MR) is 96.9 cm³/mol. The van der Waals surface area contributed by atoms with Crippen molar-refractivity contribution < 1.29 is 19.1 Å². The average molecular weight is 363 g/mol. The van der Waals surface area contributed by atoms with Gasteiger partial charge in [-0.1, -0.05) is 0 Å². The molecule has 1 atom stereocenters. The number of piperidine rings is 1. The number of amides is 1. The van der Waals surface area contributed by atoms with Crippen molar-refractivity contribution in [2.75, 3.05) is 13.2 Å². The topological polar surface area (TPSA) is 81.5 Å². The van der Waals surface area contributed by atoms with E-state index in [1.807, 2.05) is 18.7 Å². The monoisotopic (exact) mass is 363 g/mol. The van der Waals surface area contributed by atoms with Gasteiger partial charge in [0.2, 0.25) is 5.91 Å². The van der Waals surface area contributed by atoms with E-state index >= 15 is 0 Å². The lowest BCUT2D eigenvalue weighted by molar-refractivity contribution is -0.146. The fraction of sp³-hybridized carbons (Fsp3) is 0.684. The highest BCUT2D eigenvalue weighted by Crippen LogP contribution is 2.22. The molecule has 0 spiro atoms. The van der Waals surface area contributed by atoms with Crippen LogP contribution in [0.25, 0.3) is 0 Å². The minimum absolute atomic E-state index is 0.0110. The number of hydrogen-bond acceptors (Lipinski definition) is 5. The Morgan fingerprint density at radius 3 is 2.58 bits per heavy atom. The van der Waals surface area contributed by atoms with Gasteiger partial charge in [-0.15, -0.1) is 0 Å². The van der Waals surface area contributed by atoms with E-state index in [-0.39, 0.29) is 30.1 Å². The maximum absolute atomic E-state index is 12.7. The molecule has 0 saturated carbocycles. The highest BCUT2D eigenvalue weighted by molar-refractivity contribution is 5.96. The van der Waals surface area contributed by atoms with Gasteiger partial charge in [0, 0.05) is 31.2 Å². The minimum Gasteiger partial charge on any atom is -0.466 e. The summed E-state index contributed by atoms with van der Waals surface area (Å²) in [7, 11) is 0. The Bertz CT molecular complexity index is 681. The number of Topliss-reactive ketones (excluding diaryl/α,β-unsaturated/α-hetero) is 1. The molecule has 1 aliphatic rings. The van der Waals surface area contributed by atoms with Crippen LogP contribution in [0, 0.1) is 13.8 Å². The first-order valence-corrected chi connectivity index (χ1v) is 9.35. The molecule has 7 nitrogen and oxygen atoms in total. The van der Waals surface area contributed by atoms with Gasteiger partial charge in [-0.25, -0.2) is 0 Å². The molecule has 7 heteroatoms. The Balaban J connectivity index is 2.00. The molecule has 2 rings (SSSR count). The van der Waals surface area contributed by atoms with Crippen LogP contribution in [0.15, 0.2) is 0 Å². The second-order valence-electron chi connectivity index (χ2n) is 6.82. The molecule has 0 bridgehead atoms. The van der Waals surface area contributed by atoms with Crippen LogP contribution < -0.4 is 0 Å². The van der Waals surface area contributed by atoms with Gasteiger partial charge in [0.1, 0.15) is 0 Å². The Kier molecular flexibility index (Phi) is 6.94. The summed E-state index contributed by atoms with van der Waals surface area (Å²) >= 11 is 0. The van der Waals surface area contributed by atoms with E-state index in [9.17, 15) is 14.4 Å². The van der Waals surface area contributed by atoms with E-state index < -0.39 is 0 Å². The first kappa shape index (κ1) is 20.1. The van der Waals surface area contributed by atoms with Crippen molar-refractivity contribution in [2.24, 2.45) is 0 Å². The molecule has 2 heterocycles. The van der Waals surface area contributed by atoms with Gasteiger partial charge in [0.25, 0.3) is 0 Å². The molecule has 26 heavy (non-hydrogen) atoms. The molecule has 1 aromatic rings. The van der Waals surface area contributed by atoms with E-state index in [4.69, 9.17) is 4.74 Å². The van der Waals surface area contributed by atoms with Gasteiger partial charge in [-0.3, -0.25) is 19.1 Å².